The van der Waals surface area contributed by atoms with Gasteiger partial charge in [-0.05, 0) is 6.42 Å². The van der Waals surface area contributed by atoms with Gasteiger partial charge in [-0.15, -0.1) is 0 Å². The van der Waals surface area contributed by atoms with E-state index < -0.39 is 14.9 Å². The summed E-state index contributed by atoms with van der Waals surface area (Å²) >= 11 is 0.718. The van der Waals surface area contributed by atoms with Crippen LogP contribution in [0.5, 0.6) is 0 Å². The van der Waals surface area contributed by atoms with Crippen LogP contribution in [0.15, 0.2) is 10.3 Å². The van der Waals surface area contributed by atoms with Crippen LogP contribution >= 0.6 is 11.3 Å². The first-order valence-corrected chi connectivity index (χ1v) is 8.27. The minimum absolute atomic E-state index is 0.0987. The first-order valence-electron chi connectivity index (χ1n) is 6.01. The zero-order valence-corrected chi connectivity index (χ0v) is 12.4. The number of rotatable bonds is 4. The molecular formula is C10H15N3O5S2. The largest absolute Gasteiger partial charge is 0.385 e. The molecule has 2 heterocycles. The molecule has 0 amide bonds. The van der Waals surface area contributed by atoms with Crippen molar-refractivity contribution in [3.05, 3.63) is 16.2 Å². The van der Waals surface area contributed by atoms with Gasteiger partial charge >= 0.3 is 5.69 Å². The number of sulfonamides is 1. The summed E-state index contributed by atoms with van der Waals surface area (Å²) in [7, 11) is -3.75. The Morgan fingerprint density at radius 2 is 2.35 bits per heavy atom. The van der Waals surface area contributed by atoms with E-state index in [0.29, 0.717) is 13.0 Å². The third-order valence-corrected chi connectivity index (χ3v) is 6.33. The molecule has 112 valence electrons. The summed E-state index contributed by atoms with van der Waals surface area (Å²) in [5.74, 6) is 0. The number of hydrogen-bond acceptors (Lipinski definition) is 7. The number of thiophene rings is 1. The summed E-state index contributed by atoms with van der Waals surface area (Å²) in [6.45, 7) is 2.73. The monoisotopic (exact) mass is 321 g/mol. The molecule has 0 aliphatic carbocycles. The lowest BCUT2D eigenvalue weighted by atomic mass is 10.2. The third-order valence-electron chi connectivity index (χ3n) is 3.07. The molecule has 0 aromatic carbocycles. The standard InChI is InChI=1S/C10H15N3O5S2/c1-2-7-6-12(3-4-18-7)20(16,17)9-5-8(13(14)15)10(11)19-9/h5,7H,2-4,6,11H2,1H3. The predicted molar refractivity (Wildman–Crippen MR) is 74.2 cm³/mol. The van der Waals surface area contributed by atoms with Gasteiger partial charge in [0, 0.05) is 19.2 Å². The highest BCUT2D eigenvalue weighted by molar-refractivity contribution is 7.91. The molecule has 0 spiro atoms. The maximum absolute atomic E-state index is 12.4. The number of nitrogens with zero attached hydrogens (tertiary/aromatic N) is 2. The molecule has 1 saturated heterocycles. The van der Waals surface area contributed by atoms with Gasteiger partial charge in [0.25, 0.3) is 10.0 Å². The van der Waals surface area contributed by atoms with Crippen molar-refractivity contribution in [1.82, 2.24) is 4.31 Å². The molecular weight excluding hydrogens is 306 g/mol. The van der Waals surface area contributed by atoms with Crippen LogP contribution in [-0.4, -0.2) is 43.4 Å². The van der Waals surface area contributed by atoms with Crippen molar-refractivity contribution in [2.45, 2.75) is 23.7 Å². The lowest BCUT2D eigenvalue weighted by Gasteiger charge is -2.31. The average Bonchev–Trinajstić information content (AvgIpc) is 2.82. The summed E-state index contributed by atoms with van der Waals surface area (Å²) in [6.07, 6.45) is 0.560. The molecule has 10 heteroatoms. The molecule has 0 radical (unpaired) electrons. The van der Waals surface area contributed by atoms with Crippen molar-refractivity contribution in [3.63, 3.8) is 0 Å². The van der Waals surface area contributed by atoms with E-state index in [2.05, 4.69) is 0 Å². The molecule has 1 aliphatic rings. The van der Waals surface area contributed by atoms with Gasteiger partial charge in [-0.1, -0.05) is 18.3 Å². The third kappa shape index (κ3) is 2.77. The van der Waals surface area contributed by atoms with Gasteiger partial charge in [0.15, 0.2) is 5.00 Å². The number of nitrogen functional groups attached to an aromatic ring is 1. The molecule has 1 fully saturated rings. The van der Waals surface area contributed by atoms with E-state index in [4.69, 9.17) is 10.5 Å². The molecule has 8 nitrogen and oxygen atoms in total. The lowest BCUT2D eigenvalue weighted by Crippen LogP contribution is -2.45. The number of anilines is 1. The molecule has 1 atom stereocenters. The van der Waals surface area contributed by atoms with Crippen LogP contribution in [0, 0.1) is 10.1 Å². The smallest absolute Gasteiger partial charge is 0.304 e. The number of nitrogens with two attached hydrogens (primary N) is 1. The van der Waals surface area contributed by atoms with Crippen LogP contribution in [0.2, 0.25) is 0 Å². The topological polar surface area (TPSA) is 116 Å². The summed E-state index contributed by atoms with van der Waals surface area (Å²) in [5, 5.41) is 10.6. The summed E-state index contributed by atoms with van der Waals surface area (Å²) in [4.78, 5) is 10.1. The van der Waals surface area contributed by atoms with Gasteiger partial charge < -0.3 is 10.5 Å². The second-order valence-corrected chi connectivity index (χ2v) is 7.58. The van der Waals surface area contributed by atoms with Crippen molar-refractivity contribution < 1.29 is 18.1 Å². The summed E-state index contributed by atoms with van der Waals surface area (Å²) < 4.78 is 31.5. The lowest BCUT2D eigenvalue weighted by molar-refractivity contribution is -0.383. The maximum Gasteiger partial charge on any atom is 0.304 e. The fourth-order valence-corrected chi connectivity index (χ4v) is 4.75. The van der Waals surface area contributed by atoms with Gasteiger partial charge in [-0.3, -0.25) is 10.1 Å². The molecule has 1 unspecified atom stereocenters. The highest BCUT2D eigenvalue weighted by Crippen LogP contribution is 2.36. The Labute approximate surface area is 120 Å². The highest BCUT2D eigenvalue weighted by Gasteiger charge is 2.33. The molecule has 1 aromatic rings. The van der Waals surface area contributed by atoms with E-state index in [0.717, 1.165) is 17.4 Å². The molecule has 2 rings (SSSR count). The predicted octanol–water partition coefficient (Wildman–Crippen LogP) is 1.04. The van der Waals surface area contributed by atoms with Crippen LogP contribution in [0.4, 0.5) is 10.7 Å². The van der Waals surface area contributed by atoms with Gasteiger partial charge in [-0.25, -0.2) is 8.42 Å². The Hall–Kier alpha value is -1.23. The van der Waals surface area contributed by atoms with Gasteiger partial charge in [0.05, 0.1) is 17.6 Å². The van der Waals surface area contributed by atoms with Crippen molar-refractivity contribution in [2.75, 3.05) is 25.4 Å². The fraction of sp³-hybridized carbons (Fsp3) is 0.600. The first-order chi connectivity index (χ1) is 9.36. The minimum Gasteiger partial charge on any atom is -0.385 e. The number of nitro groups is 1. The number of hydrogen-bond donors (Lipinski definition) is 1. The van der Waals surface area contributed by atoms with Gasteiger partial charge in [0.1, 0.15) is 4.21 Å². The molecule has 1 aromatic heterocycles. The normalized spacial score (nSPS) is 20.9. The van der Waals surface area contributed by atoms with Gasteiger partial charge in [0.2, 0.25) is 0 Å². The van der Waals surface area contributed by atoms with Gasteiger partial charge in [-0.2, -0.15) is 4.31 Å². The molecule has 20 heavy (non-hydrogen) atoms. The van der Waals surface area contributed by atoms with E-state index in [-0.39, 0.29) is 34.1 Å². The number of ether oxygens (including phenoxy) is 1. The Morgan fingerprint density at radius 3 is 2.90 bits per heavy atom. The Balaban J connectivity index is 2.30. The van der Waals surface area contributed by atoms with Crippen molar-refractivity contribution in [3.8, 4) is 0 Å². The Bertz CT molecular complexity index is 612. The van der Waals surface area contributed by atoms with Crippen molar-refractivity contribution in [1.29, 1.82) is 0 Å². The van der Waals surface area contributed by atoms with Crippen molar-refractivity contribution >= 4 is 32.0 Å². The second-order valence-electron chi connectivity index (χ2n) is 4.34. The second kappa shape index (κ2) is 5.64. The average molecular weight is 321 g/mol. The first kappa shape index (κ1) is 15.2. The van der Waals surface area contributed by atoms with E-state index in [1.165, 1.54) is 4.31 Å². The zero-order chi connectivity index (χ0) is 14.9. The van der Waals surface area contributed by atoms with Crippen molar-refractivity contribution in [2.24, 2.45) is 0 Å². The zero-order valence-electron chi connectivity index (χ0n) is 10.8. The number of morpholine rings is 1. The molecule has 2 N–H and O–H groups in total. The van der Waals surface area contributed by atoms with Crippen LogP contribution < -0.4 is 5.73 Å². The van der Waals surface area contributed by atoms with Crippen LogP contribution in [0.1, 0.15) is 13.3 Å². The highest BCUT2D eigenvalue weighted by atomic mass is 32.2. The molecule has 1 aliphatic heterocycles. The fourth-order valence-electron chi connectivity index (χ4n) is 1.93. The van der Waals surface area contributed by atoms with E-state index in [1.807, 2.05) is 6.92 Å². The Kier molecular flexibility index (Phi) is 4.28. The minimum atomic E-state index is -3.75. The van der Waals surface area contributed by atoms with E-state index >= 15 is 0 Å². The summed E-state index contributed by atoms with van der Waals surface area (Å²) in [5.41, 5.74) is 5.12. The Morgan fingerprint density at radius 1 is 1.65 bits per heavy atom. The van der Waals surface area contributed by atoms with E-state index in [9.17, 15) is 18.5 Å². The molecule has 0 bridgehead atoms. The van der Waals surface area contributed by atoms with E-state index in [1.54, 1.807) is 0 Å². The SMILES string of the molecule is CCC1CN(S(=O)(=O)c2cc([N+](=O)[O-])c(N)s2)CCO1. The summed E-state index contributed by atoms with van der Waals surface area (Å²) in [6, 6.07) is 1.02. The van der Waals surface area contributed by atoms with Crippen LogP contribution in [0.25, 0.3) is 0 Å². The quantitative estimate of drug-likeness (QED) is 0.654. The maximum atomic E-state index is 12.4. The molecule has 0 saturated carbocycles. The van der Waals surface area contributed by atoms with Crippen LogP contribution in [0.3, 0.4) is 0 Å². The van der Waals surface area contributed by atoms with Crippen LogP contribution in [-0.2, 0) is 14.8 Å².